The molecule has 0 radical (unpaired) electrons. The smallest absolute Gasteiger partial charge is 0.267 e. The zero-order chi connectivity index (χ0) is 20.9. The molecule has 1 saturated carbocycles. The molecule has 2 fully saturated rings. The van der Waals surface area contributed by atoms with Crippen LogP contribution in [0.5, 0.6) is 5.75 Å². The van der Waals surface area contributed by atoms with Crippen molar-refractivity contribution in [3.8, 4) is 5.75 Å². The van der Waals surface area contributed by atoms with Crippen molar-refractivity contribution in [3.63, 3.8) is 0 Å². The van der Waals surface area contributed by atoms with Gasteiger partial charge in [-0.2, -0.15) is 0 Å². The first-order valence-corrected chi connectivity index (χ1v) is 11.6. The van der Waals surface area contributed by atoms with Gasteiger partial charge in [0, 0.05) is 16.6 Å². The van der Waals surface area contributed by atoms with Gasteiger partial charge in [0.05, 0.1) is 17.2 Å². The second kappa shape index (κ2) is 9.71. The highest BCUT2D eigenvalue weighted by molar-refractivity contribution is 8.18. The van der Waals surface area contributed by atoms with Crippen molar-refractivity contribution in [3.05, 3.63) is 64.0 Å². The Bertz CT molecular complexity index is 968. The summed E-state index contributed by atoms with van der Waals surface area (Å²) >= 11 is 7.65. The third-order valence-corrected chi connectivity index (χ3v) is 6.53. The molecule has 6 heteroatoms. The first kappa shape index (κ1) is 21.0. The molecule has 0 bridgehead atoms. The lowest BCUT2D eigenvalue weighted by atomic mass is 9.94. The second-order valence-electron chi connectivity index (χ2n) is 7.42. The van der Waals surface area contributed by atoms with Crippen molar-refractivity contribution in [2.75, 3.05) is 6.61 Å². The van der Waals surface area contributed by atoms with E-state index in [1.165, 1.54) is 18.2 Å². The highest BCUT2D eigenvalue weighted by Gasteiger charge is 2.38. The maximum absolute atomic E-state index is 13.4. The van der Waals surface area contributed by atoms with Crippen LogP contribution in [0.25, 0.3) is 6.08 Å². The molecule has 1 saturated heterocycles. The monoisotopic (exact) mass is 440 g/mol. The summed E-state index contributed by atoms with van der Waals surface area (Å²) < 4.78 is 5.74. The number of thioether (sulfide) groups is 1. The third-order valence-electron chi connectivity index (χ3n) is 5.32. The number of amides is 1. The van der Waals surface area contributed by atoms with Gasteiger partial charge in [0.1, 0.15) is 5.75 Å². The van der Waals surface area contributed by atoms with Crippen molar-refractivity contribution < 1.29 is 9.53 Å². The Kier molecular flexibility index (Phi) is 6.80. The Morgan fingerprint density at radius 1 is 1.17 bits per heavy atom. The fraction of sp³-hybridized carbons (Fsp3) is 0.333. The molecular weight excluding hydrogens is 416 g/mol. The van der Waals surface area contributed by atoms with Gasteiger partial charge in [0.25, 0.3) is 5.91 Å². The minimum Gasteiger partial charge on any atom is -0.493 e. The lowest BCUT2D eigenvalue weighted by molar-refractivity contribution is -0.124. The zero-order valence-electron chi connectivity index (χ0n) is 17.0. The molecule has 0 N–H and O–H groups in total. The Labute approximate surface area is 187 Å². The van der Waals surface area contributed by atoms with Crippen LogP contribution >= 0.6 is 23.4 Å². The molecule has 1 heterocycles. The lowest BCUT2D eigenvalue weighted by Gasteiger charge is -2.30. The van der Waals surface area contributed by atoms with Gasteiger partial charge in [-0.15, -0.1) is 0 Å². The predicted molar refractivity (Wildman–Crippen MR) is 125 cm³/mol. The van der Waals surface area contributed by atoms with Crippen molar-refractivity contribution in [2.45, 2.75) is 45.1 Å². The quantitative estimate of drug-likeness (QED) is 0.487. The van der Waals surface area contributed by atoms with E-state index in [9.17, 15) is 4.79 Å². The van der Waals surface area contributed by atoms with E-state index in [1.807, 2.05) is 60.4 Å². The molecule has 156 valence electrons. The first-order chi connectivity index (χ1) is 14.7. The van der Waals surface area contributed by atoms with Gasteiger partial charge in [0.2, 0.25) is 0 Å². The van der Waals surface area contributed by atoms with E-state index in [1.54, 1.807) is 6.07 Å². The van der Waals surface area contributed by atoms with E-state index in [-0.39, 0.29) is 11.9 Å². The SMILES string of the molecule is CCOc1ccc(Cl)cc1/C=C1\SC(=Nc2ccccc2)N(C2CCCCC2)C1=O. The van der Waals surface area contributed by atoms with Crippen LogP contribution in [0.1, 0.15) is 44.6 Å². The van der Waals surface area contributed by atoms with E-state index in [2.05, 4.69) is 0 Å². The predicted octanol–water partition coefficient (Wildman–Crippen LogP) is 6.68. The molecule has 2 aromatic carbocycles. The maximum atomic E-state index is 13.4. The summed E-state index contributed by atoms with van der Waals surface area (Å²) in [6.07, 6.45) is 7.47. The van der Waals surface area contributed by atoms with Crippen LogP contribution in [0.3, 0.4) is 0 Å². The minimum atomic E-state index is 0.0176. The fourth-order valence-electron chi connectivity index (χ4n) is 3.90. The van der Waals surface area contributed by atoms with Gasteiger partial charge in [-0.1, -0.05) is 49.1 Å². The van der Waals surface area contributed by atoms with Gasteiger partial charge >= 0.3 is 0 Å². The summed E-state index contributed by atoms with van der Waals surface area (Å²) in [5.41, 5.74) is 1.66. The summed E-state index contributed by atoms with van der Waals surface area (Å²) in [4.78, 5) is 20.8. The Morgan fingerprint density at radius 3 is 2.67 bits per heavy atom. The van der Waals surface area contributed by atoms with Gasteiger partial charge in [-0.25, -0.2) is 4.99 Å². The molecule has 1 amide bonds. The number of hydrogen-bond donors (Lipinski definition) is 0. The molecule has 0 spiro atoms. The molecule has 0 atom stereocenters. The van der Waals surface area contributed by atoms with E-state index >= 15 is 0 Å². The number of ether oxygens (including phenoxy) is 1. The zero-order valence-corrected chi connectivity index (χ0v) is 18.6. The highest BCUT2D eigenvalue weighted by Crippen LogP contribution is 2.39. The molecule has 1 aliphatic heterocycles. The number of benzene rings is 2. The summed E-state index contributed by atoms with van der Waals surface area (Å²) in [6, 6.07) is 15.5. The topological polar surface area (TPSA) is 41.9 Å². The molecule has 4 nitrogen and oxygen atoms in total. The van der Waals surface area contributed by atoms with Gasteiger partial charge < -0.3 is 4.74 Å². The van der Waals surface area contributed by atoms with Crippen molar-refractivity contribution in [2.24, 2.45) is 4.99 Å². The fourth-order valence-corrected chi connectivity index (χ4v) is 5.13. The Hall–Kier alpha value is -2.24. The summed E-state index contributed by atoms with van der Waals surface area (Å²) in [7, 11) is 0. The molecule has 2 aromatic rings. The average Bonchev–Trinajstić information content (AvgIpc) is 3.06. The molecule has 4 rings (SSSR count). The molecular formula is C24H25ClN2O2S. The number of para-hydroxylation sites is 1. The number of nitrogens with zero attached hydrogens (tertiary/aromatic N) is 2. The Balaban J connectivity index is 1.72. The van der Waals surface area contributed by atoms with E-state index < -0.39 is 0 Å². The maximum Gasteiger partial charge on any atom is 0.267 e. The Morgan fingerprint density at radius 2 is 1.93 bits per heavy atom. The highest BCUT2D eigenvalue weighted by atomic mass is 35.5. The van der Waals surface area contributed by atoms with E-state index in [0.717, 1.165) is 47.9 Å². The van der Waals surface area contributed by atoms with Crippen LogP contribution in [0, 0.1) is 0 Å². The van der Waals surface area contributed by atoms with Crippen LogP contribution in [0.15, 0.2) is 58.4 Å². The van der Waals surface area contributed by atoms with Crippen LogP contribution < -0.4 is 4.74 Å². The number of halogens is 1. The van der Waals surface area contributed by atoms with E-state index in [0.29, 0.717) is 16.5 Å². The lowest BCUT2D eigenvalue weighted by Crippen LogP contribution is -2.40. The largest absolute Gasteiger partial charge is 0.493 e. The molecule has 0 aromatic heterocycles. The molecule has 1 aliphatic carbocycles. The number of carbonyl (C=O) groups excluding carboxylic acids is 1. The number of rotatable bonds is 5. The van der Waals surface area contributed by atoms with Crippen molar-refractivity contribution in [1.82, 2.24) is 4.90 Å². The molecule has 2 aliphatic rings. The number of carbonyl (C=O) groups is 1. The minimum absolute atomic E-state index is 0.0176. The van der Waals surface area contributed by atoms with Crippen LogP contribution in [0.4, 0.5) is 5.69 Å². The van der Waals surface area contributed by atoms with Crippen LogP contribution in [0.2, 0.25) is 5.02 Å². The summed E-state index contributed by atoms with van der Waals surface area (Å²) in [6.45, 7) is 2.49. The molecule has 0 unspecified atom stereocenters. The third kappa shape index (κ3) is 4.73. The van der Waals surface area contributed by atoms with Crippen molar-refractivity contribution >= 4 is 46.2 Å². The standard InChI is InChI=1S/C24H25ClN2O2S/c1-2-29-21-14-13-18(25)15-17(21)16-22-23(28)27(20-11-7-4-8-12-20)24(30-22)26-19-9-5-3-6-10-19/h3,5-6,9-10,13-16,20H,2,4,7-8,11-12H2,1H3/b22-16-,26-24?. The molecule has 30 heavy (non-hydrogen) atoms. The number of hydrogen-bond acceptors (Lipinski definition) is 4. The van der Waals surface area contributed by atoms with Crippen molar-refractivity contribution in [1.29, 1.82) is 0 Å². The average molecular weight is 441 g/mol. The van der Waals surface area contributed by atoms with Crippen LogP contribution in [-0.2, 0) is 4.79 Å². The first-order valence-electron chi connectivity index (χ1n) is 10.4. The van der Waals surface area contributed by atoms with Gasteiger partial charge in [-0.05, 0) is 67.9 Å². The normalized spacial score (nSPS) is 20.3. The van der Waals surface area contributed by atoms with E-state index in [4.69, 9.17) is 21.3 Å². The van der Waals surface area contributed by atoms with Gasteiger partial charge in [-0.3, -0.25) is 9.69 Å². The number of aliphatic imine (C=N–C) groups is 1. The summed E-state index contributed by atoms with van der Waals surface area (Å²) in [5.74, 6) is 0.740. The second-order valence-corrected chi connectivity index (χ2v) is 8.87. The summed E-state index contributed by atoms with van der Waals surface area (Å²) in [5, 5.41) is 1.37. The number of amidine groups is 1. The van der Waals surface area contributed by atoms with Crippen LogP contribution in [-0.4, -0.2) is 28.6 Å². The van der Waals surface area contributed by atoms with Gasteiger partial charge in [0.15, 0.2) is 5.17 Å².